The quantitative estimate of drug-likeness (QED) is 0.750. The first-order valence-electron chi connectivity index (χ1n) is 5.74. The molecule has 3 nitrogen and oxygen atoms in total. The highest BCUT2D eigenvalue weighted by molar-refractivity contribution is 7.80. The number of benzene rings is 1. The van der Waals surface area contributed by atoms with Gasteiger partial charge in [0.1, 0.15) is 0 Å². The van der Waals surface area contributed by atoms with Crippen LogP contribution < -0.4 is 4.90 Å². The van der Waals surface area contributed by atoms with Crippen molar-refractivity contribution in [3.8, 4) is 0 Å². The topological polar surface area (TPSA) is 23.6 Å². The van der Waals surface area contributed by atoms with Gasteiger partial charge in [-0.1, -0.05) is 12.1 Å². The molecule has 1 saturated heterocycles. The van der Waals surface area contributed by atoms with Crippen LogP contribution in [0.4, 0.5) is 5.69 Å². The van der Waals surface area contributed by atoms with Crippen LogP contribution in [0, 0.1) is 13.8 Å². The van der Waals surface area contributed by atoms with Gasteiger partial charge in [0.25, 0.3) is 5.91 Å². The number of carbonyl (C=O) groups is 1. The summed E-state index contributed by atoms with van der Waals surface area (Å²) >= 11 is 5.35. The van der Waals surface area contributed by atoms with Crippen molar-refractivity contribution in [3.63, 3.8) is 0 Å². The Kier molecular flexibility index (Phi) is 3.15. The van der Waals surface area contributed by atoms with Gasteiger partial charge in [-0.2, -0.15) is 0 Å². The molecule has 17 heavy (non-hydrogen) atoms. The number of hydrogen-bond donors (Lipinski definition) is 0. The predicted molar refractivity (Wildman–Crippen MR) is 73.2 cm³/mol. The van der Waals surface area contributed by atoms with Crippen LogP contribution in [0.3, 0.4) is 0 Å². The first-order valence-corrected chi connectivity index (χ1v) is 6.15. The molecule has 1 fully saturated rings. The lowest BCUT2D eigenvalue weighted by atomic mass is 10.1. The van der Waals surface area contributed by atoms with Crippen LogP contribution in [-0.4, -0.2) is 29.0 Å². The molecule has 0 aliphatic carbocycles. The minimum Gasteiger partial charge on any atom is -0.339 e. The van der Waals surface area contributed by atoms with E-state index in [1.807, 2.05) is 43.9 Å². The van der Waals surface area contributed by atoms with Crippen LogP contribution in [0.5, 0.6) is 0 Å². The zero-order chi connectivity index (χ0) is 12.6. The Labute approximate surface area is 107 Å². The van der Waals surface area contributed by atoms with E-state index in [4.69, 9.17) is 12.2 Å². The second-order valence-electron chi connectivity index (χ2n) is 4.24. The van der Waals surface area contributed by atoms with E-state index >= 15 is 0 Å². The molecular formula is C13H16N2OS. The average Bonchev–Trinajstić information content (AvgIpc) is 2.58. The van der Waals surface area contributed by atoms with Crippen molar-refractivity contribution >= 4 is 28.9 Å². The summed E-state index contributed by atoms with van der Waals surface area (Å²) in [5.74, 6) is 0.0607. The minimum absolute atomic E-state index is 0.0607. The number of anilines is 1. The maximum Gasteiger partial charge on any atom is 0.252 e. The van der Waals surface area contributed by atoms with Gasteiger partial charge in [-0.05, 0) is 50.2 Å². The molecule has 0 aromatic heterocycles. The fraction of sp³-hybridized carbons (Fsp3) is 0.385. The SMILES string of the molecule is CCN1CC(=O)N(c2cccc(C)c2C)C1=S. The van der Waals surface area contributed by atoms with E-state index < -0.39 is 0 Å². The Morgan fingerprint density at radius 3 is 2.65 bits per heavy atom. The Bertz CT molecular complexity index is 484. The summed E-state index contributed by atoms with van der Waals surface area (Å²) in [5, 5.41) is 0.617. The number of carbonyl (C=O) groups excluding carboxylic acids is 1. The summed E-state index contributed by atoms with van der Waals surface area (Å²) in [5.41, 5.74) is 3.20. The van der Waals surface area contributed by atoms with Gasteiger partial charge in [0.15, 0.2) is 5.11 Å². The number of rotatable bonds is 2. The van der Waals surface area contributed by atoms with Crippen LogP contribution in [0.1, 0.15) is 18.1 Å². The molecule has 1 heterocycles. The minimum atomic E-state index is 0.0607. The summed E-state index contributed by atoms with van der Waals surface area (Å²) in [7, 11) is 0. The monoisotopic (exact) mass is 248 g/mol. The highest BCUT2D eigenvalue weighted by Crippen LogP contribution is 2.26. The van der Waals surface area contributed by atoms with E-state index in [1.165, 1.54) is 5.56 Å². The molecule has 0 unspecified atom stereocenters. The maximum atomic E-state index is 12.0. The van der Waals surface area contributed by atoms with Gasteiger partial charge >= 0.3 is 0 Å². The lowest BCUT2D eigenvalue weighted by Crippen LogP contribution is -2.33. The lowest BCUT2D eigenvalue weighted by molar-refractivity contribution is -0.116. The third-order valence-corrected chi connectivity index (χ3v) is 3.68. The van der Waals surface area contributed by atoms with Gasteiger partial charge in [-0.3, -0.25) is 9.69 Å². The predicted octanol–water partition coefficient (Wildman–Crippen LogP) is 2.26. The van der Waals surface area contributed by atoms with Crippen molar-refractivity contribution in [3.05, 3.63) is 29.3 Å². The largest absolute Gasteiger partial charge is 0.339 e. The summed E-state index contributed by atoms with van der Waals surface area (Å²) in [4.78, 5) is 15.6. The zero-order valence-electron chi connectivity index (χ0n) is 10.4. The Morgan fingerprint density at radius 2 is 2.06 bits per heavy atom. The highest BCUT2D eigenvalue weighted by Gasteiger charge is 2.33. The molecular weight excluding hydrogens is 232 g/mol. The molecule has 4 heteroatoms. The molecule has 1 aromatic carbocycles. The summed E-state index contributed by atoms with van der Waals surface area (Å²) in [6.07, 6.45) is 0. The van der Waals surface area contributed by atoms with E-state index in [0.717, 1.165) is 17.8 Å². The second kappa shape index (κ2) is 4.45. The van der Waals surface area contributed by atoms with Gasteiger partial charge in [-0.25, -0.2) is 0 Å². The summed E-state index contributed by atoms with van der Waals surface area (Å²) in [6, 6.07) is 5.95. The zero-order valence-corrected chi connectivity index (χ0v) is 11.2. The molecule has 0 atom stereocenters. The van der Waals surface area contributed by atoms with E-state index in [9.17, 15) is 4.79 Å². The fourth-order valence-corrected chi connectivity index (χ4v) is 2.41. The van der Waals surface area contributed by atoms with Crippen molar-refractivity contribution in [1.82, 2.24) is 4.90 Å². The Hall–Kier alpha value is -1.42. The van der Waals surface area contributed by atoms with E-state index in [0.29, 0.717) is 11.7 Å². The molecule has 1 aliphatic heterocycles. The number of hydrogen-bond acceptors (Lipinski definition) is 2. The smallest absolute Gasteiger partial charge is 0.252 e. The first kappa shape index (κ1) is 12.0. The van der Waals surface area contributed by atoms with E-state index in [2.05, 4.69) is 0 Å². The van der Waals surface area contributed by atoms with Crippen LogP contribution >= 0.6 is 12.2 Å². The molecule has 0 radical (unpaired) electrons. The van der Waals surface area contributed by atoms with Crippen molar-refractivity contribution in [2.45, 2.75) is 20.8 Å². The lowest BCUT2D eigenvalue weighted by Gasteiger charge is -2.21. The third kappa shape index (κ3) is 1.93. The number of likely N-dealkylation sites (N-methyl/N-ethyl adjacent to an activating group) is 1. The number of nitrogens with zero attached hydrogens (tertiary/aromatic N) is 2. The molecule has 1 amide bonds. The molecule has 0 N–H and O–H groups in total. The second-order valence-corrected chi connectivity index (χ2v) is 4.61. The van der Waals surface area contributed by atoms with Gasteiger partial charge in [-0.15, -0.1) is 0 Å². The van der Waals surface area contributed by atoms with E-state index in [-0.39, 0.29) is 5.91 Å². The molecule has 1 aliphatic rings. The van der Waals surface area contributed by atoms with E-state index in [1.54, 1.807) is 4.90 Å². The van der Waals surface area contributed by atoms with Gasteiger partial charge in [0.2, 0.25) is 0 Å². The van der Waals surface area contributed by atoms with Crippen LogP contribution in [0.15, 0.2) is 18.2 Å². The molecule has 0 bridgehead atoms. The normalized spacial score (nSPS) is 15.9. The van der Waals surface area contributed by atoms with Crippen molar-refractivity contribution in [2.24, 2.45) is 0 Å². The Morgan fingerprint density at radius 1 is 1.35 bits per heavy atom. The van der Waals surface area contributed by atoms with Crippen molar-refractivity contribution in [1.29, 1.82) is 0 Å². The van der Waals surface area contributed by atoms with Gasteiger partial charge in [0.05, 0.1) is 12.2 Å². The van der Waals surface area contributed by atoms with Gasteiger partial charge < -0.3 is 4.90 Å². The molecule has 1 aromatic rings. The van der Waals surface area contributed by atoms with Crippen molar-refractivity contribution in [2.75, 3.05) is 18.0 Å². The maximum absolute atomic E-state index is 12.0. The summed E-state index contributed by atoms with van der Waals surface area (Å²) < 4.78 is 0. The Balaban J connectivity index is 2.44. The highest BCUT2D eigenvalue weighted by atomic mass is 32.1. The summed E-state index contributed by atoms with van der Waals surface area (Å²) in [6.45, 7) is 7.23. The molecule has 90 valence electrons. The number of thiocarbonyl (C=S) groups is 1. The third-order valence-electron chi connectivity index (χ3n) is 3.24. The first-order chi connectivity index (χ1) is 8.06. The average molecular weight is 248 g/mol. The van der Waals surface area contributed by atoms with Gasteiger partial charge in [0, 0.05) is 6.54 Å². The molecule has 0 saturated carbocycles. The van der Waals surface area contributed by atoms with Crippen molar-refractivity contribution < 1.29 is 4.79 Å². The number of amides is 1. The molecule has 2 rings (SSSR count). The fourth-order valence-electron chi connectivity index (χ4n) is 2.01. The standard InChI is InChI=1S/C13H16N2OS/c1-4-14-8-12(16)15(13(14)17)11-7-5-6-9(2)10(11)3/h5-7H,4,8H2,1-3H3. The number of aryl methyl sites for hydroxylation is 1. The molecule has 0 spiro atoms. The van der Waals surface area contributed by atoms with Crippen LogP contribution in [-0.2, 0) is 4.79 Å². The van der Waals surface area contributed by atoms with Crippen LogP contribution in [0.25, 0.3) is 0 Å². The van der Waals surface area contributed by atoms with Crippen LogP contribution in [0.2, 0.25) is 0 Å².